The van der Waals surface area contributed by atoms with Gasteiger partial charge in [-0.1, -0.05) is 36.4 Å². The summed E-state index contributed by atoms with van der Waals surface area (Å²) in [7, 11) is 0. The van der Waals surface area contributed by atoms with Crippen molar-refractivity contribution < 1.29 is 37.7 Å². The van der Waals surface area contributed by atoms with Crippen molar-refractivity contribution in [1.82, 2.24) is 0 Å². The fourth-order valence-corrected chi connectivity index (χ4v) is 2.57. The molecule has 0 aromatic heterocycles. The third-order valence-electron chi connectivity index (χ3n) is 3.98. The number of esters is 2. The number of ether oxygens (including phenoxy) is 3. The van der Waals surface area contributed by atoms with Gasteiger partial charge in [0, 0.05) is 0 Å². The van der Waals surface area contributed by atoms with Crippen molar-refractivity contribution in [3.63, 3.8) is 0 Å². The average Bonchev–Trinajstić information content (AvgIpc) is 2.90. The second-order valence-corrected chi connectivity index (χ2v) is 5.86. The highest BCUT2D eigenvalue weighted by molar-refractivity contribution is 5.90. The summed E-state index contributed by atoms with van der Waals surface area (Å²) in [6.45, 7) is -0.618. The van der Waals surface area contributed by atoms with E-state index in [1.807, 2.05) is 0 Å². The summed E-state index contributed by atoms with van der Waals surface area (Å²) in [6.07, 6.45) is -6.11. The Labute approximate surface area is 153 Å². The fourth-order valence-electron chi connectivity index (χ4n) is 2.57. The fraction of sp³-hybridized carbons (Fsp3) is 0.263. The van der Waals surface area contributed by atoms with E-state index in [4.69, 9.17) is 14.2 Å². The molecule has 0 bridgehead atoms. The standard InChI is InChI=1S/C19H16F2O6/c20-19(21)15(27-17(23)13-9-5-2-6-10-13)14(26-18(19)24)11-25-16(22)12-7-3-1-4-8-12/h1-10,14-15,18,24H,11H2/t14-,15+,18-/m1/s1. The summed E-state index contributed by atoms with van der Waals surface area (Å²) in [4.78, 5) is 24.1. The first-order valence-electron chi connectivity index (χ1n) is 8.09. The maximum atomic E-state index is 14.2. The summed E-state index contributed by atoms with van der Waals surface area (Å²) >= 11 is 0. The van der Waals surface area contributed by atoms with E-state index >= 15 is 0 Å². The quantitative estimate of drug-likeness (QED) is 0.805. The molecule has 1 heterocycles. The molecule has 6 nitrogen and oxygen atoms in total. The molecule has 1 fully saturated rings. The van der Waals surface area contributed by atoms with Gasteiger partial charge in [-0.3, -0.25) is 0 Å². The van der Waals surface area contributed by atoms with Crippen molar-refractivity contribution in [1.29, 1.82) is 0 Å². The minimum absolute atomic E-state index is 0.0646. The molecular weight excluding hydrogens is 362 g/mol. The average molecular weight is 378 g/mol. The van der Waals surface area contributed by atoms with Gasteiger partial charge in [-0.15, -0.1) is 0 Å². The summed E-state index contributed by atoms with van der Waals surface area (Å²) in [5.41, 5.74) is 0.287. The molecule has 2 aromatic carbocycles. The van der Waals surface area contributed by atoms with Crippen molar-refractivity contribution in [2.75, 3.05) is 6.61 Å². The van der Waals surface area contributed by atoms with Crippen LogP contribution < -0.4 is 0 Å². The third-order valence-corrected chi connectivity index (χ3v) is 3.98. The van der Waals surface area contributed by atoms with Crippen molar-refractivity contribution in [2.45, 2.75) is 24.4 Å². The number of carbonyl (C=O) groups excluding carboxylic acids is 2. The Morgan fingerprint density at radius 2 is 1.48 bits per heavy atom. The Balaban J connectivity index is 1.69. The predicted octanol–water partition coefficient (Wildman–Crippen LogP) is 2.42. The van der Waals surface area contributed by atoms with E-state index in [1.54, 1.807) is 36.4 Å². The highest BCUT2D eigenvalue weighted by Gasteiger charge is 2.61. The molecule has 3 atom stereocenters. The first-order valence-corrected chi connectivity index (χ1v) is 8.09. The number of halogens is 2. The molecule has 142 valence electrons. The second kappa shape index (κ2) is 7.81. The third kappa shape index (κ3) is 4.12. The molecule has 0 radical (unpaired) electrons. The number of benzene rings is 2. The summed E-state index contributed by atoms with van der Waals surface area (Å²) < 4.78 is 43.0. The SMILES string of the molecule is O=C(OC[C@H]1O[C@@H](O)C(F)(F)[C@H]1OC(=O)c1ccccc1)c1ccccc1. The van der Waals surface area contributed by atoms with Gasteiger partial charge in [0.1, 0.15) is 12.7 Å². The van der Waals surface area contributed by atoms with Crippen LogP contribution >= 0.6 is 0 Å². The van der Waals surface area contributed by atoms with Crippen LogP contribution in [-0.4, -0.2) is 48.1 Å². The smallest absolute Gasteiger partial charge is 0.338 e. The van der Waals surface area contributed by atoms with Gasteiger partial charge in [-0.25, -0.2) is 9.59 Å². The van der Waals surface area contributed by atoms with E-state index in [9.17, 15) is 23.5 Å². The molecule has 0 saturated carbocycles. The molecule has 1 aliphatic rings. The zero-order valence-electron chi connectivity index (χ0n) is 14.0. The Bertz CT molecular complexity index is 796. The van der Waals surface area contributed by atoms with Crippen LogP contribution in [0.5, 0.6) is 0 Å². The number of carbonyl (C=O) groups is 2. The van der Waals surface area contributed by atoms with Crippen molar-refractivity contribution in [3.05, 3.63) is 71.8 Å². The molecule has 1 saturated heterocycles. The monoisotopic (exact) mass is 378 g/mol. The van der Waals surface area contributed by atoms with Gasteiger partial charge >= 0.3 is 17.9 Å². The van der Waals surface area contributed by atoms with E-state index in [0.717, 1.165) is 0 Å². The largest absolute Gasteiger partial charge is 0.459 e. The second-order valence-electron chi connectivity index (χ2n) is 5.86. The van der Waals surface area contributed by atoms with Gasteiger partial charge in [-0.05, 0) is 24.3 Å². The van der Waals surface area contributed by atoms with E-state index in [-0.39, 0.29) is 11.1 Å². The van der Waals surface area contributed by atoms with Crippen LogP contribution in [0.3, 0.4) is 0 Å². The molecule has 0 unspecified atom stereocenters. The number of hydrogen-bond donors (Lipinski definition) is 1. The first kappa shape index (κ1) is 18.9. The number of alkyl halides is 2. The lowest BCUT2D eigenvalue weighted by molar-refractivity contribution is -0.199. The van der Waals surface area contributed by atoms with Crippen LogP contribution in [0, 0.1) is 0 Å². The minimum Gasteiger partial charge on any atom is -0.459 e. The van der Waals surface area contributed by atoms with E-state index in [2.05, 4.69) is 0 Å². The van der Waals surface area contributed by atoms with Gasteiger partial charge in [0.15, 0.2) is 6.10 Å². The van der Waals surface area contributed by atoms with Crippen molar-refractivity contribution >= 4 is 11.9 Å². The van der Waals surface area contributed by atoms with Gasteiger partial charge in [0.05, 0.1) is 11.1 Å². The van der Waals surface area contributed by atoms with Crippen molar-refractivity contribution in [2.24, 2.45) is 0 Å². The molecule has 0 spiro atoms. The molecule has 1 N–H and O–H groups in total. The summed E-state index contributed by atoms with van der Waals surface area (Å²) in [6, 6.07) is 15.5. The molecule has 0 amide bonds. The topological polar surface area (TPSA) is 82.1 Å². The number of rotatable bonds is 5. The highest BCUT2D eigenvalue weighted by atomic mass is 19.3. The van der Waals surface area contributed by atoms with Gasteiger partial charge in [0.2, 0.25) is 6.29 Å². The lowest BCUT2D eigenvalue weighted by Crippen LogP contribution is -2.44. The number of hydrogen-bond acceptors (Lipinski definition) is 6. The van der Waals surface area contributed by atoms with E-state index in [1.165, 1.54) is 24.3 Å². The van der Waals surface area contributed by atoms with Gasteiger partial charge in [-0.2, -0.15) is 8.78 Å². The molecule has 0 aliphatic carbocycles. The summed E-state index contributed by atoms with van der Waals surface area (Å²) in [5.74, 6) is -5.61. The van der Waals surface area contributed by atoms with Gasteiger partial charge in [0.25, 0.3) is 0 Å². The molecule has 2 aromatic rings. The lowest BCUT2D eigenvalue weighted by atomic mass is 10.1. The van der Waals surface area contributed by atoms with Crippen LogP contribution in [0.1, 0.15) is 20.7 Å². The minimum atomic E-state index is -3.85. The van der Waals surface area contributed by atoms with Crippen LogP contribution in [-0.2, 0) is 14.2 Å². The van der Waals surface area contributed by atoms with E-state index in [0.29, 0.717) is 0 Å². The normalized spacial score (nSPS) is 23.6. The molecule has 3 rings (SSSR count). The Hall–Kier alpha value is -2.84. The number of aliphatic hydroxyl groups is 1. The van der Waals surface area contributed by atoms with Gasteiger partial charge < -0.3 is 19.3 Å². The molecule has 1 aliphatic heterocycles. The predicted molar refractivity (Wildman–Crippen MR) is 88.2 cm³/mol. The zero-order valence-corrected chi connectivity index (χ0v) is 14.0. The lowest BCUT2D eigenvalue weighted by Gasteiger charge is -2.22. The maximum absolute atomic E-state index is 14.2. The molecule has 8 heteroatoms. The van der Waals surface area contributed by atoms with Crippen molar-refractivity contribution in [3.8, 4) is 0 Å². The summed E-state index contributed by atoms with van der Waals surface area (Å²) in [5, 5.41) is 9.46. The van der Waals surface area contributed by atoms with E-state index < -0.39 is 43.0 Å². The van der Waals surface area contributed by atoms with Crippen LogP contribution in [0.4, 0.5) is 8.78 Å². The first-order chi connectivity index (χ1) is 12.9. The van der Waals surface area contributed by atoms with Crippen LogP contribution in [0.25, 0.3) is 0 Å². The van der Waals surface area contributed by atoms with Crippen LogP contribution in [0.15, 0.2) is 60.7 Å². The zero-order chi connectivity index (χ0) is 19.4. The Morgan fingerprint density at radius 3 is 2.04 bits per heavy atom. The molecular formula is C19H16F2O6. The highest BCUT2D eigenvalue weighted by Crippen LogP contribution is 2.37. The Morgan fingerprint density at radius 1 is 0.963 bits per heavy atom. The van der Waals surface area contributed by atoms with Crippen LogP contribution in [0.2, 0.25) is 0 Å². The Kier molecular flexibility index (Phi) is 5.48. The maximum Gasteiger partial charge on any atom is 0.338 e. The number of aliphatic hydroxyl groups excluding tert-OH is 1. The molecule has 27 heavy (non-hydrogen) atoms.